The van der Waals surface area contributed by atoms with Crippen molar-refractivity contribution in [3.05, 3.63) is 89.7 Å². The van der Waals surface area contributed by atoms with Crippen molar-refractivity contribution in [2.24, 2.45) is 0 Å². The van der Waals surface area contributed by atoms with E-state index in [0.717, 1.165) is 39.4 Å². The highest BCUT2D eigenvalue weighted by molar-refractivity contribution is 5.98. The number of imidazole rings is 1. The summed E-state index contributed by atoms with van der Waals surface area (Å²) in [6, 6.07) is 24.2. The fourth-order valence-electron chi connectivity index (χ4n) is 4.74. The highest BCUT2D eigenvalue weighted by atomic mass is 16.5. The molecule has 4 aromatic rings. The van der Waals surface area contributed by atoms with Crippen molar-refractivity contribution < 1.29 is 9.53 Å². The molecule has 3 aromatic carbocycles. The molecule has 1 fully saturated rings. The van der Waals surface area contributed by atoms with E-state index in [2.05, 4.69) is 36.6 Å². The summed E-state index contributed by atoms with van der Waals surface area (Å²) >= 11 is 0. The molecule has 0 bridgehead atoms. The van der Waals surface area contributed by atoms with Gasteiger partial charge in [-0.3, -0.25) is 4.79 Å². The van der Waals surface area contributed by atoms with Gasteiger partial charge in [-0.05, 0) is 49.2 Å². The molecule has 0 N–H and O–H groups in total. The van der Waals surface area contributed by atoms with Gasteiger partial charge in [0.25, 0.3) is 0 Å². The van der Waals surface area contributed by atoms with E-state index in [0.29, 0.717) is 26.1 Å². The second kappa shape index (κ2) is 8.50. The summed E-state index contributed by atoms with van der Waals surface area (Å²) in [5, 5.41) is 0. The lowest BCUT2D eigenvalue weighted by molar-refractivity contribution is -0.117. The monoisotopic (exact) mass is 425 g/mol. The lowest BCUT2D eigenvalue weighted by atomic mass is 10.1. The van der Waals surface area contributed by atoms with Crippen LogP contribution in [-0.4, -0.2) is 28.6 Å². The number of rotatable bonds is 6. The number of benzene rings is 3. The van der Waals surface area contributed by atoms with Crippen LogP contribution in [0.5, 0.6) is 5.75 Å². The summed E-state index contributed by atoms with van der Waals surface area (Å²) in [6.45, 7) is 6.00. The third kappa shape index (κ3) is 3.75. The summed E-state index contributed by atoms with van der Waals surface area (Å²) in [6.07, 6.45) is 0.469. The topological polar surface area (TPSA) is 47.4 Å². The number of carbonyl (C=O) groups excluding carboxylic acids is 1. The molecule has 1 amide bonds. The van der Waals surface area contributed by atoms with Gasteiger partial charge in [-0.2, -0.15) is 0 Å². The Bertz CT molecular complexity index is 1240. The van der Waals surface area contributed by atoms with Crippen molar-refractivity contribution in [3.8, 4) is 5.75 Å². The Morgan fingerprint density at radius 3 is 2.44 bits per heavy atom. The van der Waals surface area contributed by atoms with Crippen LogP contribution < -0.4 is 9.64 Å². The molecule has 1 aliphatic rings. The lowest BCUT2D eigenvalue weighted by Gasteiger charge is -2.21. The highest BCUT2D eigenvalue weighted by Crippen LogP contribution is 2.36. The molecule has 5 rings (SSSR count). The Kier molecular flexibility index (Phi) is 5.39. The minimum Gasteiger partial charge on any atom is -0.492 e. The molecule has 5 heteroatoms. The van der Waals surface area contributed by atoms with Gasteiger partial charge in [-0.25, -0.2) is 4.98 Å². The predicted octanol–water partition coefficient (Wildman–Crippen LogP) is 5.25. The van der Waals surface area contributed by atoms with E-state index in [1.165, 1.54) is 0 Å². The number of aryl methyl sites for hydroxylation is 2. The number of hydrogen-bond donors (Lipinski definition) is 0. The zero-order chi connectivity index (χ0) is 22.1. The van der Waals surface area contributed by atoms with Gasteiger partial charge in [0.05, 0.1) is 17.6 Å². The fraction of sp³-hybridized carbons (Fsp3) is 0.259. The quantitative estimate of drug-likeness (QED) is 0.424. The summed E-state index contributed by atoms with van der Waals surface area (Å²) < 4.78 is 8.19. The van der Waals surface area contributed by atoms with Crippen LogP contribution in [0.3, 0.4) is 0 Å². The zero-order valence-corrected chi connectivity index (χ0v) is 18.5. The van der Waals surface area contributed by atoms with Crippen molar-refractivity contribution in [1.82, 2.24) is 9.55 Å². The largest absolute Gasteiger partial charge is 0.492 e. The smallest absolute Gasteiger partial charge is 0.227 e. The Labute approximate surface area is 188 Å². The van der Waals surface area contributed by atoms with Crippen LogP contribution in [-0.2, 0) is 11.3 Å². The summed E-state index contributed by atoms with van der Waals surface area (Å²) in [5.74, 6) is 2.03. The molecule has 0 spiro atoms. The van der Waals surface area contributed by atoms with E-state index in [9.17, 15) is 4.79 Å². The van der Waals surface area contributed by atoms with E-state index >= 15 is 0 Å². The first-order valence-corrected chi connectivity index (χ1v) is 11.1. The molecule has 0 unspecified atom stereocenters. The minimum atomic E-state index is 0.0469. The lowest BCUT2D eigenvalue weighted by Crippen LogP contribution is -2.26. The third-order valence-electron chi connectivity index (χ3n) is 6.21. The number of anilines is 1. The molecule has 32 heavy (non-hydrogen) atoms. The molecule has 1 aromatic heterocycles. The molecule has 1 saturated heterocycles. The number of para-hydroxylation sites is 4. The van der Waals surface area contributed by atoms with Crippen molar-refractivity contribution in [2.75, 3.05) is 18.1 Å². The molecular formula is C27H27N3O2. The van der Waals surface area contributed by atoms with Gasteiger partial charge in [0.1, 0.15) is 18.2 Å². The van der Waals surface area contributed by atoms with Crippen LogP contribution in [0.1, 0.15) is 29.3 Å². The van der Waals surface area contributed by atoms with Crippen molar-refractivity contribution in [1.29, 1.82) is 0 Å². The minimum absolute atomic E-state index is 0.0469. The van der Waals surface area contributed by atoms with Crippen molar-refractivity contribution in [3.63, 3.8) is 0 Å². The van der Waals surface area contributed by atoms with Gasteiger partial charge in [-0.1, -0.05) is 48.5 Å². The van der Waals surface area contributed by atoms with Gasteiger partial charge in [0.2, 0.25) is 5.91 Å². The number of carbonyl (C=O) groups is 1. The Morgan fingerprint density at radius 2 is 1.66 bits per heavy atom. The number of hydrogen-bond acceptors (Lipinski definition) is 3. The first-order valence-electron chi connectivity index (χ1n) is 11.1. The predicted molar refractivity (Wildman–Crippen MR) is 127 cm³/mol. The van der Waals surface area contributed by atoms with E-state index in [-0.39, 0.29) is 11.8 Å². The Morgan fingerprint density at radius 1 is 0.938 bits per heavy atom. The van der Waals surface area contributed by atoms with Crippen LogP contribution in [0.15, 0.2) is 72.8 Å². The second-order valence-electron chi connectivity index (χ2n) is 8.42. The van der Waals surface area contributed by atoms with Crippen molar-refractivity contribution >= 4 is 22.6 Å². The average molecular weight is 426 g/mol. The van der Waals surface area contributed by atoms with Crippen molar-refractivity contribution in [2.45, 2.75) is 32.7 Å². The van der Waals surface area contributed by atoms with Gasteiger partial charge in [0, 0.05) is 24.6 Å². The molecule has 0 aliphatic carbocycles. The summed E-state index contributed by atoms with van der Waals surface area (Å²) in [5.41, 5.74) is 5.33. The summed E-state index contributed by atoms with van der Waals surface area (Å²) in [7, 11) is 0. The molecule has 0 radical (unpaired) electrons. The van der Waals surface area contributed by atoms with E-state index < -0.39 is 0 Å². The maximum atomic E-state index is 13.1. The third-order valence-corrected chi connectivity index (χ3v) is 6.21. The number of aromatic nitrogens is 2. The number of amides is 1. The maximum Gasteiger partial charge on any atom is 0.227 e. The Hall–Kier alpha value is -3.60. The molecule has 162 valence electrons. The van der Waals surface area contributed by atoms with Crippen LogP contribution in [0.2, 0.25) is 0 Å². The average Bonchev–Trinajstić information content (AvgIpc) is 3.35. The standard InChI is InChI=1S/C27H27N3O2/c1-19-9-8-10-20(2)26(19)30-18-21(17-25(30)31)27-28-23-13-6-7-14-24(23)29(27)15-16-32-22-11-4-3-5-12-22/h3-14,21H,15-18H2,1-2H3/t21-/m1/s1. The highest BCUT2D eigenvalue weighted by Gasteiger charge is 2.35. The molecule has 5 nitrogen and oxygen atoms in total. The molecule has 0 saturated carbocycles. The van der Waals surface area contributed by atoms with E-state index in [4.69, 9.17) is 9.72 Å². The van der Waals surface area contributed by atoms with Crippen LogP contribution in [0.4, 0.5) is 5.69 Å². The SMILES string of the molecule is Cc1cccc(C)c1N1C[C@H](c2nc3ccccc3n2CCOc2ccccc2)CC1=O. The summed E-state index contributed by atoms with van der Waals surface area (Å²) in [4.78, 5) is 20.0. The van der Waals surface area contributed by atoms with E-state index in [1.54, 1.807) is 0 Å². The van der Waals surface area contributed by atoms with Gasteiger partial charge < -0.3 is 14.2 Å². The molecule has 2 heterocycles. The first kappa shape index (κ1) is 20.3. The Balaban J connectivity index is 1.44. The van der Waals surface area contributed by atoms with Gasteiger partial charge in [0.15, 0.2) is 0 Å². The van der Waals surface area contributed by atoms with Gasteiger partial charge >= 0.3 is 0 Å². The number of ether oxygens (including phenoxy) is 1. The molecule has 1 atom stereocenters. The van der Waals surface area contributed by atoms with Crippen LogP contribution >= 0.6 is 0 Å². The van der Waals surface area contributed by atoms with Crippen LogP contribution in [0.25, 0.3) is 11.0 Å². The van der Waals surface area contributed by atoms with E-state index in [1.807, 2.05) is 59.5 Å². The number of nitrogens with zero attached hydrogens (tertiary/aromatic N) is 3. The number of fused-ring (bicyclic) bond motifs is 1. The first-order chi connectivity index (χ1) is 15.6. The maximum absolute atomic E-state index is 13.1. The normalized spacial score (nSPS) is 16.1. The van der Waals surface area contributed by atoms with Crippen LogP contribution in [0, 0.1) is 13.8 Å². The van der Waals surface area contributed by atoms with Gasteiger partial charge in [-0.15, -0.1) is 0 Å². The molecule has 1 aliphatic heterocycles. The zero-order valence-electron chi connectivity index (χ0n) is 18.5. The molecular weight excluding hydrogens is 398 g/mol. The fourth-order valence-corrected chi connectivity index (χ4v) is 4.74. The second-order valence-corrected chi connectivity index (χ2v) is 8.42.